The van der Waals surface area contributed by atoms with Gasteiger partial charge in [0.2, 0.25) is 0 Å². The van der Waals surface area contributed by atoms with Gasteiger partial charge >= 0.3 is 5.97 Å². The molecule has 0 amide bonds. The number of esters is 1. The van der Waals surface area contributed by atoms with Gasteiger partial charge in [0.05, 0.1) is 13.2 Å². The second-order valence-corrected chi connectivity index (χ2v) is 3.60. The molecule has 1 aromatic rings. The molecule has 0 saturated carbocycles. The summed E-state index contributed by atoms with van der Waals surface area (Å²) in [6.45, 7) is 4.87. The molecule has 1 aromatic heterocycles. The van der Waals surface area contributed by atoms with Crippen LogP contribution < -0.4 is 4.74 Å². The van der Waals surface area contributed by atoms with Gasteiger partial charge < -0.3 is 9.47 Å². The van der Waals surface area contributed by atoms with Gasteiger partial charge in [-0.15, -0.1) is 11.3 Å². The minimum absolute atomic E-state index is 0.287. The van der Waals surface area contributed by atoms with Gasteiger partial charge in [0, 0.05) is 0 Å². The van der Waals surface area contributed by atoms with E-state index in [0.717, 1.165) is 6.42 Å². The van der Waals surface area contributed by atoms with Gasteiger partial charge in [-0.25, -0.2) is 4.79 Å². The molecule has 3 nitrogen and oxygen atoms in total. The summed E-state index contributed by atoms with van der Waals surface area (Å²) < 4.78 is 10.3. The van der Waals surface area contributed by atoms with Gasteiger partial charge in [0.1, 0.15) is 5.75 Å². The molecular weight excluding hydrogens is 200 g/mol. The van der Waals surface area contributed by atoms with E-state index in [4.69, 9.17) is 9.47 Å². The van der Waals surface area contributed by atoms with E-state index in [-0.39, 0.29) is 5.97 Å². The van der Waals surface area contributed by atoms with Crippen molar-refractivity contribution in [3.8, 4) is 5.75 Å². The van der Waals surface area contributed by atoms with Crippen LogP contribution in [0.5, 0.6) is 5.75 Å². The molecule has 0 atom stereocenters. The number of ether oxygens (including phenoxy) is 2. The molecule has 0 aliphatic carbocycles. The molecule has 0 fully saturated rings. The molecule has 14 heavy (non-hydrogen) atoms. The van der Waals surface area contributed by atoms with Crippen molar-refractivity contribution >= 4 is 17.3 Å². The molecule has 0 aliphatic rings. The van der Waals surface area contributed by atoms with Crippen LogP contribution in [-0.4, -0.2) is 19.2 Å². The van der Waals surface area contributed by atoms with Crippen molar-refractivity contribution < 1.29 is 14.3 Å². The number of thiophene rings is 1. The summed E-state index contributed by atoms with van der Waals surface area (Å²) in [5, 5.41) is 1.83. The normalized spacial score (nSPS) is 9.86. The molecule has 1 heterocycles. The average Bonchev–Trinajstić information content (AvgIpc) is 2.63. The molecule has 0 unspecified atom stereocenters. The lowest BCUT2D eigenvalue weighted by Crippen LogP contribution is -2.05. The Kier molecular flexibility index (Phi) is 4.46. The maximum atomic E-state index is 11.5. The first-order chi connectivity index (χ1) is 6.79. The monoisotopic (exact) mass is 214 g/mol. The van der Waals surface area contributed by atoms with Gasteiger partial charge in [-0.1, -0.05) is 6.92 Å². The fourth-order valence-corrected chi connectivity index (χ4v) is 1.70. The van der Waals surface area contributed by atoms with E-state index >= 15 is 0 Å². The Morgan fingerprint density at radius 3 is 2.93 bits per heavy atom. The lowest BCUT2D eigenvalue weighted by molar-refractivity contribution is 0.0507. The third-order valence-electron chi connectivity index (χ3n) is 1.55. The zero-order valence-electron chi connectivity index (χ0n) is 8.41. The molecule has 1 rings (SSSR count). The maximum Gasteiger partial charge on any atom is 0.352 e. The summed E-state index contributed by atoms with van der Waals surface area (Å²) in [5.41, 5.74) is 0. The molecule has 0 aliphatic heterocycles. The van der Waals surface area contributed by atoms with Crippen LogP contribution in [0.1, 0.15) is 29.9 Å². The number of rotatable bonds is 5. The maximum absolute atomic E-state index is 11.5. The Labute approximate surface area is 87.7 Å². The molecule has 0 bridgehead atoms. The predicted molar refractivity (Wildman–Crippen MR) is 56.1 cm³/mol. The van der Waals surface area contributed by atoms with Crippen molar-refractivity contribution in [2.75, 3.05) is 13.2 Å². The first kappa shape index (κ1) is 11.0. The van der Waals surface area contributed by atoms with Crippen molar-refractivity contribution in [3.63, 3.8) is 0 Å². The molecule has 0 aromatic carbocycles. The minimum atomic E-state index is -0.287. The van der Waals surface area contributed by atoms with E-state index in [1.165, 1.54) is 11.3 Å². The van der Waals surface area contributed by atoms with Crippen molar-refractivity contribution in [2.24, 2.45) is 0 Å². The standard InChI is InChI=1S/C10H14O3S/c1-3-6-13-10(11)9-8(12-4-2)5-7-14-9/h5,7H,3-4,6H2,1-2H3. The van der Waals surface area contributed by atoms with Crippen LogP contribution in [0.15, 0.2) is 11.4 Å². The number of hydrogen-bond acceptors (Lipinski definition) is 4. The Morgan fingerprint density at radius 1 is 1.50 bits per heavy atom. The SMILES string of the molecule is CCCOC(=O)c1sccc1OCC. The van der Waals surface area contributed by atoms with Crippen LogP contribution >= 0.6 is 11.3 Å². The van der Waals surface area contributed by atoms with E-state index in [2.05, 4.69) is 0 Å². The summed E-state index contributed by atoms with van der Waals surface area (Å²) in [4.78, 5) is 12.0. The summed E-state index contributed by atoms with van der Waals surface area (Å²) in [6, 6.07) is 1.79. The third-order valence-corrected chi connectivity index (χ3v) is 2.43. The number of hydrogen-bond donors (Lipinski definition) is 0. The Morgan fingerprint density at radius 2 is 2.29 bits per heavy atom. The van der Waals surface area contributed by atoms with E-state index < -0.39 is 0 Å². The summed E-state index contributed by atoms with van der Waals surface area (Å²) in [7, 11) is 0. The average molecular weight is 214 g/mol. The molecule has 0 N–H and O–H groups in total. The third kappa shape index (κ3) is 2.73. The highest BCUT2D eigenvalue weighted by Gasteiger charge is 2.14. The van der Waals surface area contributed by atoms with E-state index in [1.54, 1.807) is 6.07 Å². The first-order valence-electron chi connectivity index (χ1n) is 4.67. The van der Waals surface area contributed by atoms with Gasteiger partial charge in [0.25, 0.3) is 0 Å². The van der Waals surface area contributed by atoms with E-state index in [9.17, 15) is 4.79 Å². The Hall–Kier alpha value is -1.03. The van der Waals surface area contributed by atoms with Crippen LogP contribution in [0.2, 0.25) is 0 Å². The van der Waals surface area contributed by atoms with Crippen LogP contribution in [0.3, 0.4) is 0 Å². The molecular formula is C10H14O3S. The van der Waals surface area contributed by atoms with Crippen molar-refractivity contribution in [1.29, 1.82) is 0 Å². The lowest BCUT2D eigenvalue weighted by Gasteiger charge is -2.04. The highest BCUT2D eigenvalue weighted by Crippen LogP contribution is 2.25. The van der Waals surface area contributed by atoms with Crippen molar-refractivity contribution in [2.45, 2.75) is 20.3 Å². The number of carbonyl (C=O) groups is 1. The van der Waals surface area contributed by atoms with Crippen LogP contribution in [0.4, 0.5) is 0 Å². The fraction of sp³-hybridized carbons (Fsp3) is 0.500. The van der Waals surface area contributed by atoms with Crippen LogP contribution in [-0.2, 0) is 4.74 Å². The van der Waals surface area contributed by atoms with Gasteiger partial charge in [-0.05, 0) is 24.8 Å². The lowest BCUT2D eigenvalue weighted by atomic mass is 10.4. The molecule has 78 valence electrons. The second-order valence-electron chi connectivity index (χ2n) is 2.68. The zero-order valence-corrected chi connectivity index (χ0v) is 9.23. The van der Waals surface area contributed by atoms with Gasteiger partial charge in [-0.2, -0.15) is 0 Å². The zero-order chi connectivity index (χ0) is 10.4. The Balaban J connectivity index is 2.63. The predicted octanol–water partition coefficient (Wildman–Crippen LogP) is 2.71. The van der Waals surface area contributed by atoms with E-state index in [0.29, 0.717) is 23.8 Å². The highest BCUT2D eigenvalue weighted by atomic mass is 32.1. The molecule has 0 radical (unpaired) electrons. The van der Waals surface area contributed by atoms with E-state index in [1.807, 2.05) is 19.2 Å². The number of carbonyl (C=O) groups excluding carboxylic acids is 1. The van der Waals surface area contributed by atoms with Crippen molar-refractivity contribution in [1.82, 2.24) is 0 Å². The fourth-order valence-electron chi connectivity index (χ4n) is 0.976. The summed E-state index contributed by atoms with van der Waals surface area (Å²) in [5.74, 6) is 0.337. The first-order valence-corrected chi connectivity index (χ1v) is 5.55. The Bertz CT molecular complexity index is 293. The second kappa shape index (κ2) is 5.65. The summed E-state index contributed by atoms with van der Waals surface area (Å²) >= 11 is 1.35. The quantitative estimate of drug-likeness (QED) is 0.707. The van der Waals surface area contributed by atoms with Crippen LogP contribution in [0.25, 0.3) is 0 Å². The largest absolute Gasteiger partial charge is 0.492 e. The van der Waals surface area contributed by atoms with Crippen molar-refractivity contribution in [3.05, 3.63) is 16.3 Å². The molecule has 0 saturated heterocycles. The van der Waals surface area contributed by atoms with Gasteiger partial charge in [-0.3, -0.25) is 0 Å². The summed E-state index contributed by atoms with van der Waals surface area (Å²) in [6.07, 6.45) is 0.834. The highest BCUT2D eigenvalue weighted by molar-refractivity contribution is 7.12. The topological polar surface area (TPSA) is 35.5 Å². The molecule has 0 spiro atoms. The van der Waals surface area contributed by atoms with Crippen LogP contribution in [0, 0.1) is 0 Å². The molecule has 4 heteroatoms. The smallest absolute Gasteiger partial charge is 0.352 e. The minimum Gasteiger partial charge on any atom is -0.492 e. The van der Waals surface area contributed by atoms with Gasteiger partial charge in [0.15, 0.2) is 4.88 Å².